The smallest absolute Gasteiger partial charge is 0.170 e. The van der Waals surface area contributed by atoms with Crippen LogP contribution in [-0.2, 0) is 4.74 Å². The highest BCUT2D eigenvalue weighted by Gasteiger charge is 2.21. The first-order valence-electron chi connectivity index (χ1n) is 6.10. The van der Waals surface area contributed by atoms with Gasteiger partial charge in [0.25, 0.3) is 0 Å². The maximum absolute atomic E-state index is 6.29. The van der Waals surface area contributed by atoms with Gasteiger partial charge in [0.05, 0.1) is 26.3 Å². The molecule has 1 fully saturated rings. The number of halogens is 2. The van der Waals surface area contributed by atoms with Crippen LogP contribution in [0, 0.1) is 0 Å². The van der Waals surface area contributed by atoms with Gasteiger partial charge >= 0.3 is 0 Å². The fourth-order valence-corrected chi connectivity index (χ4v) is 2.54. The van der Waals surface area contributed by atoms with Crippen molar-refractivity contribution in [2.45, 2.75) is 0 Å². The summed E-state index contributed by atoms with van der Waals surface area (Å²) in [6, 6.07) is 9.79. The van der Waals surface area contributed by atoms with Crippen LogP contribution in [-0.4, -0.2) is 36.2 Å². The van der Waals surface area contributed by atoms with Crippen LogP contribution >= 0.6 is 23.2 Å². The van der Waals surface area contributed by atoms with E-state index >= 15 is 0 Å². The summed E-state index contributed by atoms with van der Waals surface area (Å²) in [5.41, 5.74) is 1.67. The summed E-state index contributed by atoms with van der Waals surface area (Å²) in [7, 11) is 0. The molecule has 4 nitrogen and oxygen atoms in total. The molecule has 2 aromatic rings. The van der Waals surface area contributed by atoms with Crippen molar-refractivity contribution in [3.8, 4) is 11.3 Å². The van der Waals surface area contributed by atoms with E-state index in [0.29, 0.717) is 29.1 Å². The zero-order chi connectivity index (χ0) is 13.2. The molecule has 1 saturated heterocycles. The monoisotopic (exact) mass is 297 g/mol. The topological polar surface area (TPSA) is 30.3 Å². The molecule has 0 atom stereocenters. The molecule has 1 aromatic heterocycles. The van der Waals surface area contributed by atoms with E-state index in [-0.39, 0.29) is 0 Å². The van der Waals surface area contributed by atoms with E-state index < -0.39 is 0 Å². The van der Waals surface area contributed by atoms with Gasteiger partial charge in [0.1, 0.15) is 10.7 Å². The summed E-state index contributed by atoms with van der Waals surface area (Å²) in [5, 5.41) is 7.49. The standard InChI is InChI=1S/C13H13Cl2N3O/c14-11-12(10-4-2-1-3-5-10)16-18(13(11)15)17-6-8-19-9-7-17/h1-5H,6-9H2. The van der Waals surface area contributed by atoms with Gasteiger partial charge in [-0.15, -0.1) is 5.10 Å². The lowest BCUT2D eigenvalue weighted by molar-refractivity contribution is 0.109. The fourth-order valence-electron chi connectivity index (χ4n) is 2.08. The van der Waals surface area contributed by atoms with Crippen LogP contribution in [0.15, 0.2) is 30.3 Å². The number of rotatable bonds is 2. The van der Waals surface area contributed by atoms with Gasteiger partial charge in [0, 0.05) is 5.56 Å². The van der Waals surface area contributed by atoms with Crippen molar-refractivity contribution in [3.63, 3.8) is 0 Å². The number of nitrogens with zero attached hydrogens (tertiary/aromatic N) is 3. The van der Waals surface area contributed by atoms with E-state index in [2.05, 4.69) is 5.10 Å². The molecule has 0 bridgehead atoms. The fraction of sp³-hybridized carbons (Fsp3) is 0.308. The summed E-state index contributed by atoms with van der Waals surface area (Å²) in [5.74, 6) is 0. The Morgan fingerprint density at radius 2 is 1.74 bits per heavy atom. The molecule has 0 saturated carbocycles. The number of hydrogen-bond acceptors (Lipinski definition) is 3. The highest BCUT2D eigenvalue weighted by Crippen LogP contribution is 2.33. The van der Waals surface area contributed by atoms with Crippen LogP contribution in [0.2, 0.25) is 10.2 Å². The highest BCUT2D eigenvalue weighted by atomic mass is 35.5. The van der Waals surface area contributed by atoms with Crippen LogP contribution in [0.1, 0.15) is 0 Å². The second-order valence-corrected chi connectivity index (χ2v) is 5.01. The molecule has 0 radical (unpaired) electrons. The van der Waals surface area contributed by atoms with E-state index in [9.17, 15) is 0 Å². The minimum absolute atomic E-state index is 0.447. The van der Waals surface area contributed by atoms with Gasteiger partial charge in [0.2, 0.25) is 0 Å². The van der Waals surface area contributed by atoms with E-state index in [1.54, 1.807) is 4.79 Å². The first-order valence-corrected chi connectivity index (χ1v) is 6.85. The van der Waals surface area contributed by atoms with Gasteiger partial charge in [-0.1, -0.05) is 53.5 Å². The summed E-state index contributed by atoms with van der Waals surface area (Å²) >= 11 is 12.6. The van der Waals surface area contributed by atoms with Crippen molar-refractivity contribution in [2.24, 2.45) is 0 Å². The van der Waals surface area contributed by atoms with Crippen molar-refractivity contribution >= 4 is 23.2 Å². The Balaban J connectivity index is 1.99. The van der Waals surface area contributed by atoms with Crippen molar-refractivity contribution in [2.75, 3.05) is 31.3 Å². The Morgan fingerprint density at radius 1 is 1.05 bits per heavy atom. The van der Waals surface area contributed by atoms with Crippen LogP contribution in [0.25, 0.3) is 11.3 Å². The first-order chi connectivity index (χ1) is 9.27. The first kappa shape index (κ1) is 12.8. The molecule has 0 spiro atoms. The molecule has 6 heteroatoms. The Hall–Kier alpha value is -1.23. The average molecular weight is 298 g/mol. The van der Waals surface area contributed by atoms with Crippen LogP contribution in [0.4, 0.5) is 0 Å². The van der Waals surface area contributed by atoms with Crippen molar-refractivity contribution < 1.29 is 4.74 Å². The van der Waals surface area contributed by atoms with Crippen LogP contribution in [0.5, 0.6) is 0 Å². The largest absolute Gasteiger partial charge is 0.378 e. The third-order valence-corrected chi connectivity index (χ3v) is 3.86. The zero-order valence-electron chi connectivity index (χ0n) is 10.2. The summed E-state index contributed by atoms with van der Waals surface area (Å²) in [4.78, 5) is 1.68. The third kappa shape index (κ3) is 2.43. The number of morpholine rings is 1. The molecule has 100 valence electrons. The maximum Gasteiger partial charge on any atom is 0.170 e. The Bertz CT molecular complexity index is 565. The third-order valence-electron chi connectivity index (χ3n) is 3.06. The number of ether oxygens (including phenoxy) is 1. The second-order valence-electron chi connectivity index (χ2n) is 4.27. The molecule has 1 aliphatic heterocycles. The Morgan fingerprint density at radius 3 is 2.42 bits per heavy atom. The van der Waals surface area contributed by atoms with Gasteiger partial charge in [-0.25, -0.2) is 0 Å². The molecule has 3 rings (SSSR count). The van der Waals surface area contributed by atoms with Gasteiger partial charge in [-0.3, -0.25) is 5.01 Å². The van der Waals surface area contributed by atoms with Crippen molar-refractivity contribution in [1.82, 2.24) is 9.89 Å². The van der Waals surface area contributed by atoms with E-state index in [4.69, 9.17) is 27.9 Å². The number of hydrogen-bond donors (Lipinski definition) is 0. The van der Waals surface area contributed by atoms with Gasteiger partial charge in [0.15, 0.2) is 5.15 Å². The Kier molecular flexibility index (Phi) is 3.64. The van der Waals surface area contributed by atoms with E-state index in [0.717, 1.165) is 18.7 Å². The lowest BCUT2D eigenvalue weighted by atomic mass is 10.2. The summed E-state index contributed by atoms with van der Waals surface area (Å²) in [6.45, 7) is 2.86. The van der Waals surface area contributed by atoms with Gasteiger partial charge < -0.3 is 4.74 Å². The molecule has 2 heterocycles. The van der Waals surface area contributed by atoms with Gasteiger partial charge in [-0.2, -0.15) is 4.79 Å². The van der Waals surface area contributed by atoms with Crippen LogP contribution < -0.4 is 5.01 Å². The lowest BCUT2D eigenvalue weighted by Crippen LogP contribution is -2.44. The number of aromatic nitrogens is 2. The molecular formula is C13H13Cl2N3O. The van der Waals surface area contributed by atoms with E-state index in [1.807, 2.05) is 35.3 Å². The molecule has 0 aliphatic carbocycles. The van der Waals surface area contributed by atoms with E-state index in [1.165, 1.54) is 0 Å². The van der Waals surface area contributed by atoms with Crippen molar-refractivity contribution in [3.05, 3.63) is 40.5 Å². The van der Waals surface area contributed by atoms with Crippen LogP contribution in [0.3, 0.4) is 0 Å². The molecule has 1 aromatic carbocycles. The maximum atomic E-state index is 6.29. The second kappa shape index (κ2) is 5.41. The average Bonchev–Trinajstić information content (AvgIpc) is 2.77. The highest BCUT2D eigenvalue weighted by molar-refractivity contribution is 6.43. The zero-order valence-corrected chi connectivity index (χ0v) is 11.7. The summed E-state index contributed by atoms with van der Waals surface area (Å²) < 4.78 is 5.32. The Labute approximate surface area is 121 Å². The normalized spacial score (nSPS) is 15.8. The molecule has 0 unspecified atom stereocenters. The molecule has 1 aliphatic rings. The SMILES string of the molecule is Clc1c(-c2ccccc2)nn(N2CCOCC2)c1Cl. The molecule has 19 heavy (non-hydrogen) atoms. The molecule has 0 amide bonds. The molecule has 0 N–H and O–H groups in total. The number of benzene rings is 1. The minimum atomic E-state index is 0.447. The van der Waals surface area contributed by atoms with Crippen molar-refractivity contribution in [1.29, 1.82) is 0 Å². The summed E-state index contributed by atoms with van der Waals surface area (Å²) in [6.07, 6.45) is 0. The predicted octanol–water partition coefficient (Wildman–Crippen LogP) is 2.83. The minimum Gasteiger partial charge on any atom is -0.378 e. The molecular weight excluding hydrogens is 285 g/mol. The lowest BCUT2D eigenvalue weighted by Gasteiger charge is -2.28. The predicted molar refractivity (Wildman–Crippen MR) is 76.5 cm³/mol. The quantitative estimate of drug-likeness (QED) is 0.854. The van der Waals surface area contributed by atoms with Gasteiger partial charge in [-0.05, 0) is 0 Å².